The number of nitrogens with one attached hydrogen (secondary N) is 1. The van der Waals surface area contributed by atoms with Crippen molar-refractivity contribution in [1.29, 1.82) is 0 Å². The minimum Gasteiger partial charge on any atom is -0.324 e. The van der Waals surface area contributed by atoms with E-state index < -0.39 is 15.9 Å². The summed E-state index contributed by atoms with van der Waals surface area (Å²) in [5, 5.41) is 5.13. The molecule has 0 saturated heterocycles. The summed E-state index contributed by atoms with van der Waals surface area (Å²) in [7, 11) is -3.67. The number of anilines is 2. The minimum absolute atomic E-state index is 0.344. The van der Waals surface area contributed by atoms with Crippen LogP contribution in [-0.2, 0) is 14.8 Å². The Morgan fingerprint density at radius 3 is 2.44 bits per heavy atom. The Hall–Kier alpha value is -2.57. The van der Waals surface area contributed by atoms with Gasteiger partial charge in [-0.25, -0.2) is 8.42 Å². The summed E-state index contributed by atoms with van der Waals surface area (Å²) in [5.74, 6) is -0.434. The maximum absolute atomic E-state index is 12.6. The molecule has 3 aromatic rings. The van der Waals surface area contributed by atoms with Crippen molar-refractivity contribution in [2.24, 2.45) is 0 Å². The van der Waals surface area contributed by atoms with E-state index in [1.165, 1.54) is 0 Å². The molecular weight excluding hydrogens is 384 g/mol. The van der Waals surface area contributed by atoms with Crippen molar-refractivity contribution in [3.05, 3.63) is 71.2 Å². The van der Waals surface area contributed by atoms with Crippen molar-refractivity contribution in [3.8, 4) is 0 Å². The van der Waals surface area contributed by atoms with E-state index in [1.807, 2.05) is 36.4 Å². The lowest BCUT2D eigenvalue weighted by molar-refractivity contribution is -0.114. The first kappa shape index (κ1) is 19.2. The number of halogens is 1. The predicted octanol–water partition coefficient (Wildman–Crippen LogP) is 4.21. The Bertz CT molecular complexity index is 1110. The predicted molar refractivity (Wildman–Crippen MR) is 111 cm³/mol. The van der Waals surface area contributed by atoms with Crippen LogP contribution >= 0.6 is 11.6 Å². The van der Waals surface area contributed by atoms with Crippen LogP contribution in [0.5, 0.6) is 0 Å². The van der Waals surface area contributed by atoms with E-state index in [9.17, 15) is 13.2 Å². The van der Waals surface area contributed by atoms with Crippen molar-refractivity contribution in [3.63, 3.8) is 0 Å². The normalized spacial score (nSPS) is 11.4. The highest BCUT2D eigenvalue weighted by molar-refractivity contribution is 7.92. The number of carbonyl (C=O) groups excluding carboxylic acids is 1. The second-order valence-electron chi connectivity index (χ2n) is 6.23. The van der Waals surface area contributed by atoms with Gasteiger partial charge in [-0.3, -0.25) is 9.10 Å². The zero-order chi connectivity index (χ0) is 19.6. The van der Waals surface area contributed by atoms with Gasteiger partial charge in [0.2, 0.25) is 15.9 Å². The van der Waals surface area contributed by atoms with E-state index in [-0.39, 0.29) is 6.54 Å². The molecule has 1 amide bonds. The summed E-state index contributed by atoms with van der Waals surface area (Å²) in [6.45, 7) is 1.38. The smallest absolute Gasteiger partial charge is 0.245 e. The molecule has 0 saturated carbocycles. The lowest BCUT2D eigenvalue weighted by atomic mass is 10.1. The van der Waals surface area contributed by atoms with Gasteiger partial charge in [0.05, 0.1) is 11.9 Å². The van der Waals surface area contributed by atoms with Crippen molar-refractivity contribution in [1.82, 2.24) is 0 Å². The summed E-state index contributed by atoms with van der Waals surface area (Å²) < 4.78 is 25.7. The first-order valence-corrected chi connectivity index (χ1v) is 10.5. The average Bonchev–Trinajstić information content (AvgIpc) is 2.62. The van der Waals surface area contributed by atoms with Crippen molar-refractivity contribution >= 4 is 49.7 Å². The van der Waals surface area contributed by atoms with Gasteiger partial charge in [-0.15, -0.1) is 0 Å². The highest BCUT2D eigenvalue weighted by atomic mass is 35.5. The molecule has 3 rings (SSSR count). The Morgan fingerprint density at radius 2 is 1.70 bits per heavy atom. The SMILES string of the molecule is Cc1c(Cl)cccc1N(CC(=O)Nc1cccc2ccccc12)S(C)(=O)=O. The molecule has 0 atom stereocenters. The Morgan fingerprint density at radius 1 is 1.04 bits per heavy atom. The van der Waals surface area contributed by atoms with Gasteiger partial charge in [0.1, 0.15) is 6.54 Å². The van der Waals surface area contributed by atoms with Crippen LogP contribution in [0.25, 0.3) is 10.8 Å². The molecule has 0 radical (unpaired) electrons. The molecule has 0 bridgehead atoms. The maximum atomic E-state index is 12.6. The number of rotatable bonds is 5. The van der Waals surface area contributed by atoms with Gasteiger partial charge >= 0.3 is 0 Å². The Kier molecular flexibility index (Phi) is 5.39. The van der Waals surface area contributed by atoms with Crippen LogP contribution < -0.4 is 9.62 Å². The summed E-state index contributed by atoms with van der Waals surface area (Å²) in [6.07, 6.45) is 1.07. The van der Waals surface area contributed by atoms with Gasteiger partial charge < -0.3 is 5.32 Å². The standard InChI is InChI=1S/C20H19ClN2O3S/c1-14-17(21)10-6-12-19(14)23(27(2,25)26)13-20(24)22-18-11-5-8-15-7-3-4-9-16(15)18/h3-12H,13H2,1-2H3,(H,22,24). The average molecular weight is 403 g/mol. The molecular formula is C20H19ClN2O3S. The van der Waals surface area contributed by atoms with Crippen LogP contribution in [0.1, 0.15) is 5.56 Å². The molecule has 140 valence electrons. The Labute approximate surface area is 163 Å². The highest BCUT2D eigenvalue weighted by Gasteiger charge is 2.23. The third-order valence-corrected chi connectivity index (χ3v) is 5.79. The fraction of sp³-hybridized carbons (Fsp3) is 0.150. The van der Waals surface area contributed by atoms with Crippen LogP contribution in [0.3, 0.4) is 0 Å². The van der Waals surface area contributed by atoms with Gasteiger partial charge in [0, 0.05) is 16.1 Å². The molecule has 0 aliphatic rings. The van der Waals surface area contributed by atoms with E-state index in [2.05, 4.69) is 5.32 Å². The topological polar surface area (TPSA) is 66.5 Å². The third kappa shape index (κ3) is 4.23. The first-order chi connectivity index (χ1) is 12.8. The fourth-order valence-corrected chi connectivity index (χ4v) is 3.98. The lowest BCUT2D eigenvalue weighted by Gasteiger charge is -2.24. The van der Waals surface area contributed by atoms with Crippen LogP contribution in [0.2, 0.25) is 5.02 Å². The molecule has 0 fully saturated rings. The molecule has 0 aromatic heterocycles. The zero-order valence-corrected chi connectivity index (χ0v) is 16.5. The summed E-state index contributed by atoms with van der Waals surface area (Å²) in [6, 6.07) is 18.2. The molecule has 0 unspecified atom stereocenters. The fourth-order valence-electron chi connectivity index (χ4n) is 2.90. The second-order valence-corrected chi connectivity index (χ2v) is 8.54. The van der Waals surface area contributed by atoms with Gasteiger partial charge in [-0.1, -0.05) is 54.1 Å². The number of fused-ring (bicyclic) bond motifs is 1. The van der Waals surface area contributed by atoms with Crippen molar-refractivity contribution in [2.75, 3.05) is 22.4 Å². The van der Waals surface area contributed by atoms with Crippen LogP contribution in [0.15, 0.2) is 60.7 Å². The number of hydrogen-bond acceptors (Lipinski definition) is 3. The molecule has 27 heavy (non-hydrogen) atoms. The van der Waals surface area contributed by atoms with Gasteiger partial charge in [0.15, 0.2) is 0 Å². The van der Waals surface area contributed by atoms with Gasteiger partial charge in [-0.05, 0) is 36.1 Å². The molecule has 0 spiro atoms. The van der Waals surface area contributed by atoms with Crippen molar-refractivity contribution < 1.29 is 13.2 Å². The van der Waals surface area contributed by atoms with Crippen LogP contribution in [0.4, 0.5) is 11.4 Å². The largest absolute Gasteiger partial charge is 0.324 e. The van der Waals surface area contributed by atoms with E-state index >= 15 is 0 Å². The number of benzene rings is 3. The summed E-state index contributed by atoms with van der Waals surface area (Å²) in [5.41, 5.74) is 1.62. The van der Waals surface area contributed by atoms with Crippen molar-refractivity contribution in [2.45, 2.75) is 6.92 Å². The summed E-state index contributed by atoms with van der Waals surface area (Å²) in [4.78, 5) is 12.6. The van der Waals surface area contributed by atoms with E-state index in [1.54, 1.807) is 31.2 Å². The first-order valence-electron chi connectivity index (χ1n) is 8.28. The second kappa shape index (κ2) is 7.58. The van der Waals surface area contributed by atoms with Crippen LogP contribution in [0, 0.1) is 6.92 Å². The number of carbonyl (C=O) groups is 1. The quantitative estimate of drug-likeness (QED) is 0.695. The number of nitrogens with zero attached hydrogens (tertiary/aromatic N) is 1. The molecule has 7 heteroatoms. The number of amides is 1. The zero-order valence-electron chi connectivity index (χ0n) is 14.9. The number of hydrogen-bond donors (Lipinski definition) is 1. The van der Waals surface area contributed by atoms with E-state index in [0.717, 1.165) is 21.3 Å². The molecule has 0 heterocycles. The van der Waals surface area contributed by atoms with Gasteiger partial charge in [-0.2, -0.15) is 0 Å². The molecule has 3 aromatic carbocycles. The monoisotopic (exact) mass is 402 g/mol. The lowest BCUT2D eigenvalue weighted by Crippen LogP contribution is -2.37. The number of sulfonamides is 1. The van der Waals surface area contributed by atoms with E-state index in [4.69, 9.17) is 11.6 Å². The minimum atomic E-state index is -3.67. The highest BCUT2D eigenvalue weighted by Crippen LogP contribution is 2.28. The van der Waals surface area contributed by atoms with E-state index in [0.29, 0.717) is 22.0 Å². The molecule has 0 aliphatic heterocycles. The molecule has 5 nitrogen and oxygen atoms in total. The maximum Gasteiger partial charge on any atom is 0.245 e. The molecule has 0 aliphatic carbocycles. The molecule has 1 N–H and O–H groups in total. The third-order valence-electron chi connectivity index (χ3n) is 4.26. The summed E-state index contributed by atoms with van der Waals surface area (Å²) >= 11 is 6.12. The van der Waals surface area contributed by atoms with Crippen LogP contribution in [-0.4, -0.2) is 27.1 Å². The Balaban J connectivity index is 1.90. The van der Waals surface area contributed by atoms with Gasteiger partial charge in [0.25, 0.3) is 0 Å².